The molecule has 5 rings (SSSR count). The van der Waals surface area contributed by atoms with Gasteiger partial charge in [-0.15, -0.1) is 0 Å². The van der Waals surface area contributed by atoms with Crippen LogP contribution in [0.5, 0.6) is 0 Å². The number of para-hydroxylation sites is 1. The van der Waals surface area contributed by atoms with Crippen molar-refractivity contribution in [2.24, 2.45) is 5.41 Å². The SMILES string of the molecule is C[C@@H]1CN(c2ccc(NC(=O)C(C)(C)C)cc2C#N)CCN1C1c2ccccc2NC(=O)c2ccccc21. The fourth-order valence-electron chi connectivity index (χ4n) is 5.38. The largest absolute Gasteiger partial charge is 0.368 e. The number of hydrogen-bond acceptors (Lipinski definition) is 5. The first-order valence-corrected chi connectivity index (χ1v) is 13.0. The summed E-state index contributed by atoms with van der Waals surface area (Å²) in [5.74, 6) is -0.174. The van der Waals surface area contributed by atoms with Crippen LogP contribution in [0.15, 0.2) is 66.7 Å². The van der Waals surface area contributed by atoms with Gasteiger partial charge in [-0.25, -0.2) is 0 Å². The van der Waals surface area contributed by atoms with Gasteiger partial charge in [0.25, 0.3) is 5.91 Å². The molecule has 1 fully saturated rings. The Balaban J connectivity index is 1.43. The lowest BCUT2D eigenvalue weighted by molar-refractivity contribution is -0.123. The predicted octanol–water partition coefficient (Wildman–Crippen LogP) is 5.41. The monoisotopic (exact) mass is 507 g/mol. The van der Waals surface area contributed by atoms with Gasteiger partial charge in [-0.2, -0.15) is 5.26 Å². The minimum absolute atomic E-state index is 0.0658. The maximum Gasteiger partial charge on any atom is 0.256 e. The van der Waals surface area contributed by atoms with Crippen molar-refractivity contribution in [2.75, 3.05) is 35.2 Å². The average molecular weight is 508 g/mol. The van der Waals surface area contributed by atoms with E-state index in [1.807, 2.05) is 69.3 Å². The van der Waals surface area contributed by atoms with Crippen LogP contribution >= 0.6 is 0 Å². The third kappa shape index (κ3) is 4.75. The minimum Gasteiger partial charge on any atom is -0.368 e. The van der Waals surface area contributed by atoms with Crippen LogP contribution in [0, 0.1) is 16.7 Å². The number of hydrogen-bond donors (Lipinski definition) is 2. The number of carbonyl (C=O) groups is 2. The molecule has 0 aliphatic carbocycles. The third-order valence-electron chi connectivity index (χ3n) is 7.41. The summed E-state index contributed by atoms with van der Waals surface area (Å²) in [5.41, 5.74) is 5.14. The standard InChI is InChI=1S/C31H33N5O2/c1-20-19-35(27-14-13-22(17-21(27)18-32)33-30(38)31(2,3)4)15-16-36(20)28-23-9-5-6-10-24(23)29(37)34-26-12-8-7-11-25(26)28/h5-14,17,20,28H,15-16,19H2,1-4H3,(H,33,38)(H,34,37)/t20-,28?/m1/s1. The third-order valence-corrected chi connectivity index (χ3v) is 7.41. The van der Waals surface area contributed by atoms with Gasteiger partial charge in [-0.3, -0.25) is 14.5 Å². The Kier molecular flexibility index (Phi) is 6.68. The lowest BCUT2D eigenvalue weighted by Gasteiger charge is -2.45. The summed E-state index contributed by atoms with van der Waals surface area (Å²) in [6, 6.07) is 23.8. The van der Waals surface area contributed by atoms with Gasteiger partial charge in [0.1, 0.15) is 6.07 Å². The zero-order valence-electron chi connectivity index (χ0n) is 22.3. The van der Waals surface area contributed by atoms with Gasteiger partial charge in [-0.1, -0.05) is 57.2 Å². The van der Waals surface area contributed by atoms with E-state index in [0.717, 1.165) is 42.1 Å². The number of fused-ring (bicyclic) bond motifs is 2. The Bertz CT molecular complexity index is 1430. The van der Waals surface area contributed by atoms with E-state index in [-0.39, 0.29) is 23.9 Å². The molecule has 1 unspecified atom stereocenters. The Morgan fingerprint density at radius 2 is 1.74 bits per heavy atom. The van der Waals surface area contributed by atoms with Gasteiger partial charge < -0.3 is 15.5 Å². The second-order valence-electron chi connectivity index (χ2n) is 11.1. The van der Waals surface area contributed by atoms with E-state index in [9.17, 15) is 14.9 Å². The van der Waals surface area contributed by atoms with Crippen LogP contribution in [0.2, 0.25) is 0 Å². The lowest BCUT2D eigenvalue weighted by atomic mass is 9.91. The highest BCUT2D eigenvalue weighted by atomic mass is 16.2. The molecule has 0 spiro atoms. The van der Waals surface area contributed by atoms with Crippen LogP contribution < -0.4 is 15.5 Å². The molecule has 0 saturated carbocycles. The number of nitrogens with zero attached hydrogens (tertiary/aromatic N) is 3. The van der Waals surface area contributed by atoms with Gasteiger partial charge in [0.15, 0.2) is 0 Å². The second kappa shape index (κ2) is 9.96. The lowest BCUT2D eigenvalue weighted by Crippen LogP contribution is -2.53. The molecular formula is C31H33N5O2. The van der Waals surface area contributed by atoms with Gasteiger partial charge in [-0.05, 0) is 48.4 Å². The van der Waals surface area contributed by atoms with E-state index in [4.69, 9.17) is 0 Å². The fraction of sp³-hybridized carbons (Fsp3) is 0.323. The molecule has 0 bridgehead atoms. The van der Waals surface area contributed by atoms with E-state index in [1.165, 1.54) is 0 Å². The summed E-state index contributed by atoms with van der Waals surface area (Å²) >= 11 is 0. The first-order valence-electron chi connectivity index (χ1n) is 13.0. The molecule has 2 N–H and O–H groups in total. The number of benzene rings is 3. The normalized spacial score (nSPS) is 19.4. The maximum absolute atomic E-state index is 13.0. The number of piperazine rings is 1. The first kappa shape index (κ1) is 25.5. The number of carbonyl (C=O) groups excluding carboxylic acids is 2. The van der Waals surface area contributed by atoms with Gasteiger partial charge in [0, 0.05) is 48.0 Å². The van der Waals surface area contributed by atoms with E-state index < -0.39 is 5.41 Å². The van der Waals surface area contributed by atoms with Gasteiger partial charge in [0.05, 0.1) is 17.3 Å². The summed E-state index contributed by atoms with van der Waals surface area (Å²) in [6.07, 6.45) is 0. The highest BCUT2D eigenvalue weighted by molar-refractivity contribution is 6.07. The Labute approximate surface area is 224 Å². The van der Waals surface area contributed by atoms with Gasteiger partial charge >= 0.3 is 0 Å². The molecule has 2 heterocycles. The molecule has 2 aliphatic rings. The summed E-state index contributed by atoms with van der Waals surface area (Å²) < 4.78 is 0. The zero-order chi connectivity index (χ0) is 27.0. The Hall–Kier alpha value is -4.15. The summed E-state index contributed by atoms with van der Waals surface area (Å²) in [6.45, 7) is 10.00. The molecule has 1 saturated heterocycles. The molecule has 7 nitrogen and oxygen atoms in total. The summed E-state index contributed by atoms with van der Waals surface area (Å²) in [5, 5.41) is 15.9. The minimum atomic E-state index is -0.521. The molecule has 194 valence electrons. The molecule has 3 aromatic rings. The van der Waals surface area contributed by atoms with Crippen molar-refractivity contribution in [1.82, 2.24) is 4.90 Å². The predicted molar refractivity (Wildman–Crippen MR) is 150 cm³/mol. The zero-order valence-corrected chi connectivity index (χ0v) is 22.3. The molecule has 3 aromatic carbocycles. The maximum atomic E-state index is 13.0. The molecule has 2 atom stereocenters. The number of nitriles is 1. The van der Waals surface area contributed by atoms with Gasteiger partial charge in [0.2, 0.25) is 5.91 Å². The first-order chi connectivity index (χ1) is 18.2. The molecule has 2 amide bonds. The van der Waals surface area contributed by atoms with Crippen LogP contribution in [0.4, 0.5) is 17.1 Å². The van der Waals surface area contributed by atoms with Crippen molar-refractivity contribution in [3.8, 4) is 6.07 Å². The van der Waals surface area contributed by atoms with Crippen molar-refractivity contribution < 1.29 is 9.59 Å². The molecule has 0 aromatic heterocycles. The van der Waals surface area contributed by atoms with Crippen LogP contribution in [0.25, 0.3) is 0 Å². The Morgan fingerprint density at radius 3 is 2.45 bits per heavy atom. The van der Waals surface area contributed by atoms with Crippen molar-refractivity contribution in [3.05, 3.63) is 89.0 Å². The highest BCUT2D eigenvalue weighted by Gasteiger charge is 2.36. The molecule has 2 aliphatic heterocycles. The number of nitrogens with one attached hydrogen (secondary N) is 2. The highest BCUT2D eigenvalue weighted by Crippen LogP contribution is 2.40. The van der Waals surface area contributed by atoms with Crippen LogP contribution in [0.3, 0.4) is 0 Å². The fourth-order valence-corrected chi connectivity index (χ4v) is 5.38. The van der Waals surface area contributed by atoms with E-state index in [1.54, 1.807) is 6.07 Å². The number of amides is 2. The van der Waals surface area contributed by atoms with E-state index >= 15 is 0 Å². The van der Waals surface area contributed by atoms with Crippen LogP contribution in [-0.2, 0) is 4.79 Å². The van der Waals surface area contributed by atoms with Crippen molar-refractivity contribution >= 4 is 28.9 Å². The van der Waals surface area contributed by atoms with E-state index in [2.05, 4.69) is 45.6 Å². The molecular weight excluding hydrogens is 474 g/mol. The summed E-state index contributed by atoms with van der Waals surface area (Å²) in [4.78, 5) is 30.2. The average Bonchev–Trinajstić information content (AvgIpc) is 3.02. The molecule has 38 heavy (non-hydrogen) atoms. The number of rotatable bonds is 3. The van der Waals surface area contributed by atoms with Crippen molar-refractivity contribution in [1.29, 1.82) is 5.26 Å². The molecule has 7 heteroatoms. The van der Waals surface area contributed by atoms with Crippen LogP contribution in [-0.4, -0.2) is 42.4 Å². The summed E-state index contributed by atoms with van der Waals surface area (Å²) in [7, 11) is 0. The van der Waals surface area contributed by atoms with Crippen LogP contribution in [0.1, 0.15) is 60.8 Å². The Morgan fingerprint density at radius 1 is 1.03 bits per heavy atom. The molecule has 0 radical (unpaired) electrons. The second-order valence-corrected chi connectivity index (χ2v) is 11.1. The quantitative estimate of drug-likeness (QED) is 0.495. The van der Waals surface area contributed by atoms with Crippen molar-refractivity contribution in [3.63, 3.8) is 0 Å². The topological polar surface area (TPSA) is 88.5 Å². The van der Waals surface area contributed by atoms with Crippen molar-refractivity contribution in [2.45, 2.75) is 39.8 Å². The van der Waals surface area contributed by atoms with E-state index in [0.29, 0.717) is 16.8 Å². The smallest absolute Gasteiger partial charge is 0.256 e. The number of anilines is 3.